The number of carbonyl (C=O) groups excluding carboxylic acids is 1. The monoisotopic (exact) mass is 640 g/mol. The van der Waals surface area contributed by atoms with Crippen LogP contribution in [-0.2, 0) is 34.1 Å². The van der Waals surface area contributed by atoms with E-state index in [0.29, 0.717) is 46.0 Å². The van der Waals surface area contributed by atoms with E-state index in [1.165, 1.54) is 0 Å². The summed E-state index contributed by atoms with van der Waals surface area (Å²) < 4.78 is 90.6. The van der Waals surface area contributed by atoms with E-state index in [-0.39, 0.29) is 30.2 Å². The molecular weight excluding hydrogens is 611 g/mol. The summed E-state index contributed by atoms with van der Waals surface area (Å²) in [6.07, 6.45) is -1.43. The standard InChI is InChI=1S/C29H26F4N4O5S.FH.H2/c1-2-42-29-20(5-4-18(36-29)7-8-30)23-6-3-16-12-34-19(11-24(16)37-23)13-35-28(38)17-9-21(27(32)33)22-14-41-15-26(31)43(39,40)25(22)10-17;;/h3-6,9-12,26-27H,2,7-8,13-15H2,1H3,(H,35,38);2*1H/t26-;;/m1../s1. The molecular formula is C29H29F5N4O5S. The number of aromatic nitrogens is 3. The molecule has 0 bridgehead atoms. The van der Waals surface area contributed by atoms with Gasteiger partial charge in [0.25, 0.3) is 12.3 Å². The topological polar surface area (TPSA) is 120 Å². The zero-order valence-corrected chi connectivity index (χ0v) is 24.0. The number of pyridine rings is 3. The molecule has 5 rings (SSSR count). The number of hydrogen-bond acceptors (Lipinski definition) is 8. The highest BCUT2D eigenvalue weighted by atomic mass is 32.2. The molecule has 0 aliphatic carbocycles. The molecule has 0 saturated carbocycles. The summed E-state index contributed by atoms with van der Waals surface area (Å²) in [6, 6.07) is 10.4. The number of carbonyl (C=O) groups is 1. The maximum Gasteiger partial charge on any atom is 0.264 e. The van der Waals surface area contributed by atoms with Crippen molar-refractivity contribution < 1.29 is 46.4 Å². The number of nitrogens with one attached hydrogen (secondary N) is 1. The van der Waals surface area contributed by atoms with Crippen LogP contribution < -0.4 is 10.1 Å². The van der Waals surface area contributed by atoms with E-state index in [0.717, 1.165) is 12.1 Å². The maximum atomic E-state index is 14.3. The summed E-state index contributed by atoms with van der Waals surface area (Å²) in [5, 5.41) is 3.24. The number of hydrogen-bond donors (Lipinski definition) is 1. The maximum absolute atomic E-state index is 14.3. The summed E-state index contributed by atoms with van der Waals surface area (Å²) in [5.74, 6) is -0.539. The number of ether oxygens (including phenoxy) is 2. The van der Waals surface area contributed by atoms with Gasteiger partial charge in [0.15, 0.2) is 0 Å². The molecule has 236 valence electrons. The van der Waals surface area contributed by atoms with Crippen LogP contribution >= 0.6 is 0 Å². The highest BCUT2D eigenvalue weighted by molar-refractivity contribution is 7.92. The molecule has 1 atom stereocenters. The Labute approximate surface area is 250 Å². The first-order valence-corrected chi connectivity index (χ1v) is 14.8. The number of nitrogens with zero attached hydrogens (tertiary/aromatic N) is 3. The second-order valence-electron chi connectivity index (χ2n) is 9.59. The Bertz CT molecular complexity index is 1800. The van der Waals surface area contributed by atoms with Crippen LogP contribution in [0.15, 0.2) is 53.6 Å². The van der Waals surface area contributed by atoms with Crippen molar-refractivity contribution in [3.8, 4) is 17.1 Å². The predicted molar refractivity (Wildman–Crippen MR) is 153 cm³/mol. The van der Waals surface area contributed by atoms with E-state index in [2.05, 4.69) is 20.3 Å². The van der Waals surface area contributed by atoms with Gasteiger partial charge in [-0.05, 0) is 49.4 Å². The number of benzene rings is 1. The highest BCUT2D eigenvalue weighted by Gasteiger charge is 2.36. The smallest absolute Gasteiger partial charge is 0.264 e. The first-order valence-electron chi connectivity index (χ1n) is 13.3. The van der Waals surface area contributed by atoms with Crippen LogP contribution in [0.5, 0.6) is 5.88 Å². The average Bonchev–Trinajstić information content (AvgIpc) is 3.10. The zero-order valence-electron chi connectivity index (χ0n) is 23.2. The number of sulfone groups is 1. The molecule has 1 N–H and O–H groups in total. The fourth-order valence-corrected chi connectivity index (χ4v) is 5.98. The van der Waals surface area contributed by atoms with Gasteiger partial charge in [0.2, 0.25) is 21.2 Å². The van der Waals surface area contributed by atoms with Crippen LogP contribution in [0.2, 0.25) is 0 Å². The molecule has 1 amide bonds. The van der Waals surface area contributed by atoms with E-state index in [1.54, 1.807) is 43.5 Å². The van der Waals surface area contributed by atoms with Crippen LogP contribution in [-0.4, -0.2) is 54.7 Å². The van der Waals surface area contributed by atoms with Crippen molar-refractivity contribution in [2.24, 2.45) is 0 Å². The molecule has 44 heavy (non-hydrogen) atoms. The molecule has 0 unspecified atom stereocenters. The van der Waals surface area contributed by atoms with Crippen LogP contribution in [0, 0.1) is 0 Å². The molecule has 0 fully saturated rings. The second kappa shape index (κ2) is 13.6. The molecule has 0 saturated heterocycles. The molecule has 0 spiro atoms. The van der Waals surface area contributed by atoms with Gasteiger partial charge in [-0.25, -0.2) is 31.6 Å². The lowest BCUT2D eigenvalue weighted by Gasteiger charge is -2.15. The van der Waals surface area contributed by atoms with Crippen LogP contribution in [0.1, 0.15) is 47.6 Å². The van der Waals surface area contributed by atoms with Crippen molar-refractivity contribution in [2.45, 2.75) is 43.3 Å². The highest BCUT2D eigenvalue weighted by Crippen LogP contribution is 2.35. The lowest BCUT2D eigenvalue weighted by molar-refractivity contribution is 0.0914. The number of alkyl halides is 4. The van der Waals surface area contributed by atoms with Crippen LogP contribution in [0.3, 0.4) is 0 Å². The van der Waals surface area contributed by atoms with Gasteiger partial charge >= 0.3 is 0 Å². The van der Waals surface area contributed by atoms with Gasteiger partial charge in [0.1, 0.15) is 0 Å². The van der Waals surface area contributed by atoms with Gasteiger partial charge in [-0.15, -0.1) is 0 Å². The Morgan fingerprint density at radius 2 is 1.95 bits per heavy atom. The molecule has 4 aromatic rings. The first kappa shape index (κ1) is 32.7. The lowest BCUT2D eigenvalue weighted by Crippen LogP contribution is -2.25. The van der Waals surface area contributed by atoms with Crippen molar-refractivity contribution in [1.82, 2.24) is 20.3 Å². The van der Waals surface area contributed by atoms with Gasteiger partial charge in [0.05, 0.1) is 60.4 Å². The SMILES string of the molecule is CCOc1nc(CCF)ccc1-c1ccc2cnc(CNC(=O)c3cc(C(F)F)c4c(c3)S(=O)(=O)[C@@H](F)COC4)cc2n1.F.[HH]. The number of halogens is 5. The summed E-state index contributed by atoms with van der Waals surface area (Å²) in [5.41, 5.74) is -1.33. The van der Waals surface area contributed by atoms with Crippen molar-refractivity contribution in [2.75, 3.05) is 19.9 Å². The minimum absolute atomic E-state index is 0. The molecule has 15 heteroatoms. The summed E-state index contributed by atoms with van der Waals surface area (Å²) in [7, 11) is -4.66. The molecule has 1 aliphatic rings. The quantitative estimate of drug-likeness (QED) is 0.239. The molecule has 9 nitrogen and oxygen atoms in total. The summed E-state index contributed by atoms with van der Waals surface area (Å²) in [4.78, 5) is 25.6. The van der Waals surface area contributed by atoms with Crippen molar-refractivity contribution in [3.63, 3.8) is 0 Å². The number of rotatable bonds is 9. The minimum atomic E-state index is -4.66. The Morgan fingerprint density at radius 3 is 2.68 bits per heavy atom. The lowest BCUT2D eigenvalue weighted by atomic mass is 10.0. The zero-order chi connectivity index (χ0) is 30.7. The van der Waals surface area contributed by atoms with E-state index < -0.39 is 58.0 Å². The summed E-state index contributed by atoms with van der Waals surface area (Å²) in [6.45, 7) is 0.113. The average molecular weight is 641 g/mol. The van der Waals surface area contributed by atoms with E-state index in [9.17, 15) is 30.8 Å². The fraction of sp³-hybridized carbons (Fsp3) is 0.310. The Morgan fingerprint density at radius 1 is 1.16 bits per heavy atom. The van der Waals surface area contributed by atoms with Crippen LogP contribution in [0.4, 0.5) is 22.3 Å². The van der Waals surface area contributed by atoms with Gasteiger partial charge in [-0.3, -0.25) is 18.9 Å². The number of amides is 1. The molecule has 1 aromatic carbocycles. The molecule has 0 radical (unpaired) electrons. The normalized spacial score (nSPS) is 15.7. The Hall–Kier alpha value is -4.24. The van der Waals surface area contributed by atoms with Gasteiger partial charge in [0, 0.05) is 41.8 Å². The number of aryl methyl sites for hydroxylation is 1. The van der Waals surface area contributed by atoms with Crippen molar-refractivity contribution >= 4 is 26.6 Å². The minimum Gasteiger partial charge on any atom is -0.477 e. The third kappa shape index (κ3) is 6.63. The van der Waals surface area contributed by atoms with Gasteiger partial charge in [-0.1, -0.05) is 0 Å². The Kier molecular flexibility index (Phi) is 10.1. The molecule has 4 heterocycles. The molecule has 1 aliphatic heterocycles. The first-order chi connectivity index (χ1) is 20.6. The van der Waals surface area contributed by atoms with E-state index in [1.807, 2.05) is 0 Å². The number of fused-ring (bicyclic) bond motifs is 2. The van der Waals surface area contributed by atoms with Crippen molar-refractivity contribution in [1.29, 1.82) is 0 Å². The second-order valence-corrected chi connectivity index (χ2v) is 11.6. The third-order valence-corrected chi connectivity index (χ3v) is 8.55. The largest absolute Gasteiger partial charge is 0.477 e. The van der Waals surface area contributed by atoms with Gasteiger partial charge < -0.3 is 14.8 Å². The fourth-order valence-electron chi connectivity index (χ4n) is 4.62. The van der Waals surface area contributed by atoms with Gasteiger partial charge in [-0.2, -0.15) is 0 Å². The summed E-state index contributed by atoms with van der Waals surface area (Å²) >= 11 is 0. The third-order valence-electron chi connectivity index (χ3n) is 6.77. The molecule has 3 aromatic heterocycles. The van der Waals surface area contributed by atoms with E-state index >= 15 is 0 Å². The Balaban J connectivity index is 0.00000276. The van der Waals surface area contributed by atoms with E-state index in [4.69, 9.17) is 9.47 Å². The van der Waals surface area contributed by atoms with Crippen LogP contribution in [0.25, 0.3) is 22.2 Å². The predicted octanol–water partition coefficient (Wildman–Crippen LogP) is 5.47. The van der Waals surface area contributed by atoms with Crippen molar-refractivity contribution in [3.05, 3.63) is 76.7 Å².